The van der Waals surface area contributed by atoms with Gasteiger partial charge in [0.25, 0.3) is 5.91 Å². The fraction of sp³-hybridized carbons (Fsp3) is 0.533. The summed E-state index contributed by atoms with van der Waals surface area (Å²) in [6.07, 6.45) is 2.72. The van der Waals surface area contributed by atoms with Crippen LogP contribution in [0.4, 0.5) is 0 Å². The lowest BCUT2D eigenvalue weighted by Gasteiger charge is -2.29. The molecule has 0 bridgehead atoms. The second-order valence-electron chi connectivity index (χ2n) is 5.02. The number of aliphatic hydroxyl groups excluding tert-OH is 1. The van der Waals surface area contributed by atoms with Gasteiger partial charge >= 0.3 is 0 Å². The Bertz CT molecular complexity index is 472. The van der Waals surface area contributed by atoms with E-state index in [-0.39, 0.29) is 12.5 Å². The van der Waals surface area contributed by atoms with Crippen LogP contribution in [-0.2, 0) is 11.4 Å². The van der Waals surface area contributed by atoms with E-state index in [9.17, 15) is 9.90 Å². The molecule has 1 atom stereocenters. The summed E-state index contributed by atoms with van der Waals surface area (Å²) in [6.45, 7) is 3.13. The zero-order chi connectivity index (χ0) is 14.5. The molecule has 1 aliphatic heterocycles. The molecule has 2 rings (SSSR count). The van der Waals surface area contributed by atoms with E-state index >= 15 is 0 Å². The second kappa shape index (κ2) is 6.95. The number of hydrogen-bond donors (Lipinski definition) is 1. The standard InChI is InChI=1S/C15H20ClNO3/c1-11(15(19)17-8-3-2-4-9-17)20-14-7-5-6-13(16)12(14)10-18/h5-7,11,18H,2-4,8-10H2,1H3. The Hall–Kier alpha value is -1.26. The van der Waals surface area contributed by atoms with Crippen LogP contribution in [-0.4, -0.2) is 35.1 Å². The van der Waals surface area contributed by atoms with Crippen LogP contribution < -0.4 is 4.74 Å². The SMILES string of the molecule is CC(Oc1cccc(Cl)c1CO)C(=O)N1CCCCC1. The van der Waals surface area contributed by atoms with Gasteiger partial charge in [0.1, 0.15) is 5.75 Å². The molecule has 1 fully saturated rings. The molecule has 0 radical (unpaired) electrons. The van der Waals surface area contributed by atoms with Crippen LogP contribution in [0, 0.1) is 0 Å². The van der Waals surface area contributed by atoms with E-state index in [0.29, 0.717) is 16.3 Å². The molecular formula is C15H20ClNO3. The number of halogens is 1. The third-order valence-electron chi connectivity index (χ3n) is 3.55. The number of aliphatic hydroxyl groups is 1. The molecule has 1 aliphatic rings. The second-order valence-corrected chi connectivity index (χ2v) is 5.43. The number of carbonyl (C=O) groups excluding carboxylic acids is 1. The fourth-order valence-electron chi connectivity index (χ4n) is 2.41. The lowest BCUT2D eigenvalue weighted by Crippen LogP contribution is -2.43. The van der Waals surface area contributed by atoms with Gasteiger partial charge in [0, 0.05) is 23.7 Å². The Labute approximate surface area is 124 Å². The number of amides is 1. The van der Waals surface area contributed by atoms with Gasteiger partial charge in [-0.2, -0.15) is 0 Å². The van der Waals surface area contributed by atoms with Crippen LogP contribution in [0.25, 0.3) is 0 Å². The minimum atomic E-state index is -0.572. The first kappa shape index (κ1) is 15.1. The number of benzene rings is 1. The molecular weight excluding hydrogens is 278 g/mol. The van der Waals surface area contributed by atoms with E-state index in [2.05, 4.69) is 0 Å². The number of nitrogens with zero attached hydrogens (tertiary/aromatic N) is 1. The molecule has 0 aliphatic carbocycles. The van der Waals surface area contributed by atoms with Gasteiger partial charge in [0.05, 0.1) is 6.61 Å². The van der Waals surface area contributed by atoms with E-state index in [1.54, 1.807) is 25.1 Å². The first-order valence-corrected chi connectivity index (χ1v) is 7.35. The molecule has 0 saturated carbocycles. The van der Waals surface area contributed by atoms with Crippen molar-refractivity contribution in [3.8, 4) is 5.75 Å². The molecule has 0 spiro atoms. The normalized spacial score (nSPS) is 16.9. The highest BCUT2D eigenvalue weighted by Crippen LogP contribution is 2.27. The number of ether oxygens (including phenoxy) is 1. The summed E-state index contributed by atoms with van der Waals surface area (Å²) >= 11 is 6.01. The van der Waals surface area contributed by atoms with E-state index < -0.39 is 6.10 Å². The number of rotatable bonds is 4. The van der Waals surface area contributed by atoms with Crippen molar-refractivity contribution in [3.63, 3.8) is 0 Å². The molecule has 20 heavy (non-hydrogen) atoms. The van der Waals surface area contributed by atoms with Crippen LogP contribution in [0.15, 0.2) is 18.2 Å². The van der Waals surface area contributed by atoms with Gasteiger partial charge in [-0.05, 0) is 38.3 Å². The number of hydrogen-bond acceptors (Lipinski definition) is 3. The summed E-state index contributed by atoms with van der Waals surface area (Å²) in [5, 5.41) is 9.79. The van der Waals surface area contributed by atoms with Crippen molar-refractivity contribution in [2.24, 2.45) is 0 Å². The van der Waals surface area contributed by atoms with Crippen molar-refractivity contribution in [1.82, 2.24) is 4.90 Å². The Morgan fingerprint density at radius 1 is 1.40 bits per heavy atom. The quantitative estimate of drug-likeness (QED) is 0.929. The maximum Gasteiger partial charge on any atom is 0.263 e. The predicted octanol–water partition coefficient (Wildman–Crippen LogP) is 2.61. The van der Waals surface area contributed by atoms with Gasteiger partial charge in [0.15, 0.2) is 6.10 Å². The lowest BCUT2D eigenvalue weighted by atomic mass is 10.1. The third-order valence-corrected chi connectivity index (χ3v) is 3.91. The van der Waals surface area contributed by atoms with Gasteiger partial charge in [-0.25, -0.2) is 0 Å². The minimum absolute atomic E-state index is 0.00596. The average molecular weight is 298 g/mol. The van der Waals surface area contributed by atoms with Gasteiger partial charge in [-0.3, -0.25) is 4.79 Å². The van der Waals surface area contributed by atoms with Gasteiger partial charge in [-0.15, -0.1) is 0 Å². The molecule has 4 nitrogen and oxygen atoms in total. The zero-order valence-electron chi connectivity index (χ0n) is 11.6. The van der Waals surface area contributed by atoms with E-state index in [1.807, 2.05) is 4.90 Å². The molecule has 110 valence electrons. The minimum Gasteiger partial charge on any atom is -0.480 e. The highest BCUT2D eigenvalue weighted by Gasteiger charge is 2.24. The first-order valence-electron chi connectivity index (χ1n) is 6.97. The molecule has 0 aromatic heterocycles. The van der Waals surface area contributed by atoms with Gasteiger partial charge in [-0.1, -0.05) is 17.7 Å². The summed E-state index contributed by atoms with van der Waals surface area (Å²) in [7, 11) is 0. The van der Waals surface area contributed by atoms with E-state index in [4.69, 9.17) is 16.3 Å². The van der Waals surface area contributed by atoms with Crippen LogP contribution in [0.1, 0.15) is 31.7 Å². The van der Waals surface area contributed by atoms with Crippen molar-refractivity contribution in [2.75, 3.05) is 13.1 Å². The molecule has 1 heterocycles. The van der Waals surface area contributed by atoms with Gasteiger partial charge in [0.2, 0.25) is 0 Å². The zero-order valence-corrected chi connectivity index (χ0v) is 12.4. The smallest absolute Gasteiger partial charge is 0.263 e. The van der Waals surface area contributed by atoms with Crippen LogP contribution in [0.3, 0.4) is 0 Å². The van der Waals surface area contributed by atoms with E-state index in [1.165, 1.54) is 6.42 Å². The largest absolute Gasteiger partial charge is 0.480 e. The van der Waals surface area contributed by atoms with Crippen molar-refractivity contribution in [2.45, 2.75) is 38.9 Å². The monoisotopic (exact) mass is 297 g/mol. The van der Waals surface area contributed by atoms with Crippen LogP contribution >= 0.6 is 11.6 Å². The maximum atomic E-state index is 12.3. The molecule has 1 aromatic rings. The summed E-state index contributed by atoms with van der Waals surface area (Å²) in [5.41, 5.74) is 0.521. The number of likely N-dealkylation sites (tertiary alicyclic amines) is 1. The highest BCUT2D eigenvalue weighted by atomic mass is 35.5. The van der Waals surface area contributed by atoms with Crippen LogP contribution in [0.2, 0.25) is 5.02 Å². The summed E-state index contributed by atoms with van der Waals surface area (Å²) in [5.74, 6) is 0.464. The predicted molar refractivity (Wildman–Crippen MR) is 77.9 cm³/mol. The topological polar surface area (TPSA) is 49.8 Å². The first-order chi connectivity index (χ1) is 9.63. The molecule has 5 heteroatoms. The lowest BCUT2D eigenvalue weighted by molar-refractivity contribution is -0.138. The Morgan fingerprint density at radius 3 is 2.75 bits per heavy atom. The summed E-state index contributed by atoms with van der Waals surface area (Å²) < 4.78 is 5.70. The van der Waals surface area contributed by atoms with E-state index in [0.717, 1.165) is 25.9 Å². The fourth-order valence-corrected chi connectivity index (χ4v) is 2.64. The molecule has 1 amide bonds. The molecule has 1 N–H and O–H groups in total. The van der Waals surface area contributed by atoms with Gasteiger partial charge < -0.3 is 14.7 Å². The molecule has 1 aromatic carbocycles. The molecule has 1 saturated heterocycles. The van der Waals surface area contributed by atoms with Crippen LogP contribution in [0.5, 0.6) is 5.75 Å². The maximum absolute atomic E-state index is 12.3. The summed E-state index contributed by atoms with van der Waals surface area (Å²) in [4.78, 5) is 14.1. The Balaban J connectivity index is 2.05. The highest BCUT2D eigenvalue weighted by molar-refractivity contribution is 6.31. The van der Waals surface area contributed by atoms with Crippen molar-refractivity contribution >= 4 is 17.5 Å². The van der Waals surface area contributed by atoms with Crippen molar-refractivity contribution < 1.29 is 14.6 Å². The average Bonchev–Trinajstić information content (AvgIpc) is 2.47. The Kier molecular flexibility index (Phi) is 5.26. The molecule has 1 unspecified atom stereocenters. The number of piperidine rings is 1. The summed E-state index contributed by atoms with van der Waals surface area (Å²) in [6, 6.07) is 5.16. The Morgan fingerprint density at radius 2 is 2.10 bits per heavy atom. The van der Waals surface area contributed by atoms with Crippen molar-refractivity contribution in [1.29, 1.82) is 0 Å². The third kappa shape index (κ3) is 3.44. The number of carbonyl (C=O) groups is 1. The van der Waals surface area contributed by atoms with Crippen molar-refractivity contribution in [3.05, 3.63) is 28.8 Å².